The Balaban J connectivity index is 1.87. The van der Waals surface area contributed by atoms with Crippen LogP contribution in [0.3, 0.4) is 0 Å². The van der Waals surface area contributed by atoms with E-state index in [2.05, 4.69) is 14.7 Å². The molecule has 2 N–H and O–H groups in total. The minimum absolute atomic E-state index is 0.0120. The van der Waals surface area contributed by atoms with Gasteiger partial charge in [0, 0.05) is 12.4 Å². The standard InChI is InChI=1S/C19H13N3O4S/c23-19(24)14-10-12-4-1-2-5-13(12)11-16(14)22-27(25,26)17-7-3-6-15-18(17)21-9-8-20-15/h1-11,22H,(H,23,24). The maximum absolute atomic E-state index is 13.0. The second-order valence-electron chi connectivity index (χ2n) is 5.84. The average molecular weight is 379 g/mol. The zero-order valence-electron chi connectivity index (χ0n) is 13.8. The molecule has 27 heavy (non-hydrogen) atoms. The molecule has 0 saturated carbocycles. The third-order valence-corrected chi connectivity index (χ3v) is 5.51. The lowest BCUT2D eigenvalue weighted by atomic mass is 10.1. The molecule has 0 aliphatic rings. The van der Waals surface area contributed by atoms with E-state index in [1.54, 1.807) is 36.4 Å². The summed E-state index contributed by atoms with van der Waals surface area (Å²) in [4.78, 5) is 19.8. The van der Waals surface area contributed by atoms with Crippen molar-refractivity contribution in [3.05, 3.63) is 72.6 Å². The summed E-state index contributed by atoms with van der Waals surface area (Å²) in [6, 6.07) is 14.7. The van der Waals surface area contributed by atoms with Crippen molar-refractivity contribution >= 4 is 43.5 Å². The first-order valence-corrected chi connectivity index (χ1v) is 9.43. The molecule has 134 valence electrons. The van der Waals surface area contributed by atoms with Crippen molar-refractivity contribution in [2.75, 3.05) is 4.72 Å². The van der Waals surface area contributed by atoms with Crippen molar-refractivity contribution in [1.29, 1.82) is 0 Å². The van der Waals surface area contributed by atoms with E-state index in [1.807, 2.05) is 0 Å². The first-order chi connectivity index (χ1) is 13.0. The molecule has 0 saturated heterocycles. The maximum atomic E-state index is 13.0. The highest BCUT2D eigenvalue weighted by Gasteiger charge is 2.22. The largest absolute Gasteiger partial charge is 0.478 e. The Morgan fingerprint density at radius 2 is 1.63 bits per heavy atom. The van der Waals surface area contributed by atoms with Crippen LogP contribution in [0.5, 0.6) is 0 Å². The van der Waals surface area contributed by atoms with Gasteiger partial charge in [0.15, 0.2) is 0 Å². The fourth-order valence-electron chi connectivity index (χ4n) is 2.88. The van der Waals surface area contributed by atoms with Crippen molar-refractivity contribution in [2.24, 2.45) is 0 Å². The van der Waals surface area contributed by atoms with Crippen LogP contribution in [0.4, 0.5) is 5.69 Å². The van der Waals surface area contributed by atoms with Crippen molar-refractivity contribution in [2.45, 2.75) is 4.90 Å². The molecular formula is C19H13N3O4S. The third kappa shape index (κ3) is 3.06. The van der Waals surface area contributed by atoms with Gasteiger partial charge in [0.05, 0.1) is 16.8 Å². The number of carboxylic acids is 1. The van der Waals surface area contributed by atoms with Crippen LogP contribution in [0.2, 0.25) is 0 Å². The van der Waals surface area contributed by atoms with E-state index < -0.39 is 16.0 Å². The molecule has 7 nitrogen and oxygen atoms in total. The normalized spacial score (nSPS) is 11.6. The molecular weight excluding hydrogens is 366 g/mol. The predicted molar refractivity (Wildman–Crippen MR) is 101 cm³/mol. The van der Waals surface area contributed by atoms with Crippen LogP contribution in [-0.4, -0.2) is 29.5 Å². The van der Waals surface area contributed by atoms with Gasteiger partial charge in [0.1, 0.15) is 10.4 Å². The number of carboxylic acid groups (broad SMARTS) is 1. The van der Waals surface area contributed by atoms with Crippen LogP contribution in [0.15, 0.2) is 71.9 Å². The average Bonchev–Trinajstić information content (AvgIpc) is 2.66. The number of benzene rings is 3. The monoisotopic (exact) mass is 379 g/mol. The van der Waals surface area contributed by atoms with E-state index in [4.69, 9.17) is 0 Å². The number of sulfonamides is 1. The van der Waals surface area contributed by atoms with Crippen molar-refractivity contribution < 1.29 is 18.3 Å². The number of fused-ring (bicyclic) bond motifs is 2. The van der Waals surface area contributed by atoms with Crippen LogP contribution in [-0.2, 0) is 10.0 Å². The number of carbonyl (C=O) groups is 1. The van der Waals surface area contributed by atoms with Gasteiger partial charge in [-0.05, 0) is 35.0 Å². The Morgan fingerprint density at radius 3 is 2.37 bits per heavy atom. The van der Waals surface area contributed by atoms with Gasteiger partial charge >= 0.3 is 5.97 Å². The third-order valence-electron chi connectivity index (χ3n) is 4.11. The second kappa shape index (κ2) is 6.33. The van der Waals surface area contributed by atoms with Gasteiger partial charge in [-0.25, -0.2) is 13.2 Å². The van der Waals surface area contributed by atoms with Gasteiger partial charge in [-0.3, -0.25) is 14.7 Å². The van der Waals surface area contributed by atoms with Crippen LogP contribution in [0, 0.1) is 0 Å². The van der Waals surface area contributed by atoms with E-state index in [9.17, 15) is 18.3 Å². The summed E-state index contributed by atoms with van der Waals surface area (Å²) in [7, 11) is -4.08. The smallest absolute Gasteiger partial charge is 0.337 e. The minimum atomic E-state index is -4.08. The Morgan fingerprint density at radius 1 is 0.926 bits per heavy atom. The molecule has 0 aliphatic carbocycles. The Bertz CT molecular complexity index is 1300. The highest BCUT2D eigenvalue weighted by molar-refractivity contribution is 7.93. The van der Waals surface area contributed by atoms with Crippen molar-refractivity contribution in [3.63, 3.8) is 0 Å². The summed E-state index contributed by atoms with van der Waals surface area (Å²) in [6.45, 7) is 0. The fourth-order valence-corrected chi connectivity index (χ4v) is 4.12. The zero-order chi connectivity index (χ0) is 19.0. The van der Waals surface area contributed by atoms with Gasteiger partial charge in [0.2, 0.25) is 0 Å². The number of nitrogens with one attached hydrogen (secondary N) is 1. The molecule has 4 rings (SSSR count). The minimum Gasteiger partial charge on any atom is -0.478 e. The van der Waals surface area contributed by atoms with E-state index in [0.717, 1.165) is 5.39 Å². The number of anilines is 1. The Labute approximate surface area is 154 Å². The van der Waals surface area contributed by atoms with E-state index in [1.165, 1.54) is 30.6 Å². The molecule has 1 aromatic heterocycles. The summed E-state index contributed by atoms with van der Waals surface area (Å²) >= 11 is 0. The van der Waals surface area contributed by atoms with Gasteiger partial charge in [0.25, 0.3) is 10.0 Å². The lowest BCUT2D eigenvalue weighted by molar-refractivity contribution is 0.0698. The lowest BCUT2D eigenvalue weighted by Gasteiger charge is -2.13. The van der Waals surface area contributed by atoms with Crippen LogP contribution in [0.1, 0.15) is 10.4 Å². The van der Waals surface area contributed by atoms with Crippen LogP contribution < -0.4 is 4.72 Å². The summed E-state index contributed by atoms with van der Waals surface area (Å²) < 4.78 is 28.3. The molecule has 0 unspecified atom stereocenters. The van der Waals surface area contributed by atoms with Gasteiger partial charge in [-0.15, -0.1) is 0 Å². The maximum Gasteiger partial charge on any atom is 0.337 e. The fraction of sp³-hybridized carbons (Fsp3) is 0. The molecule has 0 amide bonds. The number of hydrogen-bond acceptors (Lipinski definition) is 5. The second-order valence-corrected chi connectivity index (χ2v) is 7.49. The first kappa shape index (κ1) is 16.9. The molecule has 0 spiro atoms. The molecule has 4 aromatic rings. The van der Waals surface area contributed by atoms with E-state index in [0.29, 0.717) is 10.9 Å². The lowest BCUT2D eigenvalue weighted by Crippen LogP contribution is -2.16. The van der Waals surface area contributed by atoms with Crippen molar-refractivity contribution in [1.82, 2.24) is 9.97 Å². The quantitative estimate of drug-likeness (QED) is 0.563. The van der Waals surface area contributed by atoms with Crippen LogP contribution in [0.25, 0.3) is 21.8 Å². The van der Waals surface area contributed by atoms with Gasteiger partial charge in [-0.2, -0.15) is 0 Å². The topological polar surface area (TPSA) is 109 Å². The molecule has 3 aromatic carbocycles. The SMILES string of the molecule is O=C(O)c1cc2ccccc2cc1NS(=O)(=O)c1cccc2nccnc12. The predicted octanol–water partition coefficient (Wildman–Crippen LogP) is 3.28. The molecule has 0 aliphatic heterocycles. The number of rotatable bonds is 4. The Kier molecular flexibility index (Phi) is 3.97. The molecule has 0 fully saturated rings. The van der Waals surface area contributed by atoms with Gasteiger partial charge in [-0.1, -0.05) is 30.3 Å². The summed E-state index contributed by atoms with van der Waals surface area (Å²) in [6.07, 6.45) is 2.87. The number of aromatic nitrogens is 2. The number of aromatic carboxylic acids is 1. The highest BCUT2D eigenvalue weighted by Crippen LogP contribution is 2.28. The molecule has 0 radical (unpaired) electrons. The van der Waals surface area contributed by atoms with Crippen LogP contribution >= 0.6 is 0 Å². The highest BCUT2D eigenvalue weighted by atomic mass is 32.2. The first-order valence-electron chi connectivity index (χ1n) is 7.94. The summed E-state index contributed by atoms with van der Waals surface area (Å²) in [5, 5.41) is 10.9. The number of nitrogens with zero attached hydrogens (tertiary/aromatic N) is 2. The van der Waals surface area contributed by atoms with Gasteiger partial charge < -0.3 is 5.11 Å². The summed E-state index contributed by atoms with van der Waals surface area (Å²) in [5.74, 6) is -1.23. The molecule has 0 bridgehead atoms. The van der Waals surface area contributed by atoms with E-state index in [-0.39, 0.29) is 21.7 Å². The van der Waals surface area contributed by atoms with Crippen molar-refractivity contribution in [3.8, 4) is 0 Å². The zero-order valence-corrected chi connectivity index (χ0v) is 14.6. The molecule has 1 heterocycles. The summed E-state index contributed by atoms with van der Waals surface area (Å²) in [5.41, 5.74) is 0.494. The molecule has 8 heteroatoms. The van der Waals surface area contributed by atoms with E-state index >= 15 is 0 Å². The number of para-hydroxylation sites is 1. The molecule has 0 atom stereocenters. The number of hydrogen-bond donors (Lipinski definition) is 2. The Hall–Kier alpha value is -3.52.